The molecule has 8 heteroatoms. The van der Waals surface area contributed by atoms with Gasteiger partial charge in [0.25, 0.3) is 0 Å². The summed E-state index contributed by atoms with van der Waals surface area (Å²) in [6.45, 7) is 4.26. The van der Waals surface area contributed by atoms with E-state index in [0.717, 1.165) is 30.5 Å². The van der Waals surface area contributed by atoms with Crippen molar-refractivity contribution >= 4 is 63.7 Å². The minimum atomic E-state index is -1.75. The van der Waals surface area contributed by atoms with Crippen molar-refractivity contribution in [3.63, 3.8) is 0 Å². The molecule has 1 amide bonds. The van der Waals surface area contributed by atoms with Crippen LogP contribution in [-0.2, 0) is 4.79 Å². The van der Waals surface area contributed by atoms with Crippen LogP contribution in [0.15, 0.2) is 24.3 Å². The van der Waals surface area contributed by atoms with Gasteiger partial charge in [0, 0.05) is 12.1 Å². The van der Waals surface area contributed by atoms with E-state index >= 15 is 0 Å². The number of carbonyl (C=O) groups excluding carboxylic acids is 1. The van der Waals surface area contributed by atoms with Crippen molar-refractivity contribution in [3.05, 3.63) is 29.8 Å². The van der Waals surface area contributed by atoms with Crippen LogP contribution >= 0.6 is 47.0 Å². The maximum absolute atomic E-state index is 12.4. The fourth-order valence-corrected chi connectivity index (χ4v) is 4.67. The zero-order valence-electron chi connectivity index (χ0n) is 22.2. The van der Waals surface area contributed by atoms with Crippen molar-refractivity contribution in [1.82, 2.24) is 10.6 Å². The zero-order chi connectivity index (χ0) is 26.7. The van der Waals surface area contributed by atoms with Gasteiger partial charge in [0.2, 0.25) is 9.70 Å². The first-order valence-electron chi connectivity index (χ1n) is 13.7. The minimum Gasteiger partial charge on any atom is -0.339 e. The first kappa shape index (κ1) is 33.3. The molecular weight excluding hydrogens is 533 g/mol. The Labute approximate surface area is 240 Å². The molecule has 0 unspecified atom stereocenters. The molecule has 0 fully saturated rings. The standard InChI is InChI=1S/C28H46Cl3N3OS/c1-3-4-5-6-7-8-9-10-11-12-13-14-15-16-17-21-25(35)33-26(28(29,30)31)34-27(36)32-24-20-18-19-23(2)22-24/h18-20,22,26H,3-17,21H2,1-2H3,(H,33,35)(H2,32,34,36)/t26-/m0/s1. The summed E-state index contributed by atoms with van der Waals surface area (Å²) in [6.07, 6.45) is 18.8. The highest BCUT2D eigenvalue weighted by atomic mass is 35.6. The van der Waals surface area contributed by atoms with Crippen LogP contribution in [0.4, 0.5) is 5.69 Å². The van der Waals surface area contributed by atoms with Gasteiger partial charge in [0.15, 0.2) is 5.11 Å². The molecule has 0 aliphatic carbocycles. The Bertz CT molecular complexity index is 743. The molecular formula is C28H46Cl3N3OS. The molecule has 4 nitrogen and oxygen atoms in total. The quantitative estimate of drug-likeness (QED) is 0.0662. The molecule has 0 spiro atoms. The summed E-state index contributed by atoms with van der Waals surface area (Å²) in [7, 11) is 0. The van der Waals surface area contributed by atoms with Crippen molar-refractivity contribution < 1.29 is 4.79 Å². The summed E-state index contributed by atoms with van der Waals surface area (Å²) in [5.74, 6) is -0.160. The third-order valence-electron chi connectivity index (χ3n) is 6.19. The number of halogens is 3. The molecule has 1 aromatic carbocycles. The average molecular weight is 579 g/mol. The van der Waals surface area contributed by atoms with E-state index in [1.807, 2.05) is 31.2 Å². The number of anilines is 1. The number of alkyl halides is 3. The lowest BCUT2D eigenvalue weighted by atomic mass is 10.0. The summed E-state index contributed by atoms with van der Waals surface area (Å²) >= 11 is 23.6. The highest BCUT2D eigenvalue weighted by Gasteiger charge is 2.34. The van der Waals surface area contributed by atoms with Crippen LogP contribution in [0.3, 0.4) is 0 Å². The van der Waals surface area contributed by atoms with Crippen molar-refractivity contribution in [1.29, 1.82) is 0 Å². The first-order chi connectivity index (χ1) is 17.2. The number of thiocarbonyl (C=S) groups is 1. The molecule has 0 bridgehead atoms. The number of hydrogen-bond donors (Lipinski definition) is 3. The van der Waals surface area contributed by atoms with Crippen LogP contribution < -0.4 is 16.0 Å². The third-order valence-corrected chi connectivity index (χ3v) is 7.07. The van der Waals surface area contributed by atoms with Gasteiger partial charge in [-0.05, 0) is 43.3 Å². The van der Waals surface area contributed by atoms with Gasteiger partial charge in [0.1, 0.15) is 6.17 Å². The minimum absolute atomic E-state index is 0.160. The van der Waals surface area contributed by atoms with Crippen LogP contribution in [0, 0.1) is 6.92 Å². The average Bonchev–Trinajstić information content (AvgIpc) is 2.80. The molecule has 0 heterocycles. The van der Waals surface area contributed by atoms with E-state index in [4.69, 9.17) is 47.0 Å². The molecule has 0 aliphatic heterocycles. The predicted octanol–water partition coefficient (Wildman–Crippen LogP) is 9.36. The van der Waals surface area contributed by atoms with Gasteiger partial charge in [-0.3, -0.25) is 4.79 Å². The largest absolute Gasteiger partial charge is 0.339 e. The topological polar surface area (TPSA) is 53.2 Å². The van der Waals surface area contributed by atoms with Gasteiger partial charge in [-0.1, -0.05) is 144 Å². The lowest BCUT2D eigenvalue weighted by Gasteiger charge is -2.27. The molecule has 3 N–H and O–H groups in total. The van der Waals surface area contributed by atoms with Gasteiger partial charge in [0.05, 0.1) is 0 Å². The molecule has 206 valence electrons. The van der Waals surface area contributed by atoms with E-state index in [1.54, 1.807) is 0 Å². The van der Waals surface area contributed by atoms with Crippen LogP contribution in [0.2, 0.25) is 0 Å². The van der Waals surface area contributed by atoms with E-state index < -0.39 is 9.96 Å². The Kier molecular flexibility index (Phi) is 18.7. The van der Waals surface area contributed by atoms with Gasteiger partial charge in [-0.15, -0.1) is 0 Å². The number of nitrogens with one attached hydrogen (secondary N) is 3. The van der Waals surface area contributed by atoms with Crippen LogP contribution in [0.25, 0.3) is 0 Å². The molecule has 0 saturated carbocycles. The molecule has 1 aromatic rings. The van der Waals surface area contributed by atoms with Crippen molar-refractivity contribution in [3.8, 4) is 0 Å². The fourth-order valence-electron chi connectivity index (χ4n) is 4.11. The number of rotatable bonds is 19. The van der Waals surface area contributed by atoms with Gasteiger partial charge < -0.3 is 16.0 Å². The van der Waals surface area contributed by atoms with Gasteiger partial charge >= 0.3 is 0 Å². The number of carbonyl (C=O) groups is 1. The van der Waals surface area contributed by atoms with E-state index in [-0.39, 0.29) is 11.0 Å². The summed E-state index contributed by atoms with van der Waals surface area (Å²) in [5, 5.41) is 8.98. The smallest absolute Gasteiger partial charge is 0.228 e. The van der Waals surface area contributed by atoms with E-state index in [2.05, 4.69) is 22.9 Å². The SMILES string of the molecule is CCCCCCCCCCCCCCCCCC(=O)N[C@@H](NC(=S)Nc1cccc(C)c1)C(Cl)(Cl)Cl. The number of amides is 1. The van der Waals surface area contributed by atoms with Gasteiger partial charge in [-0.25, -0.2) is 0 Å². The maximum atomic E-state index is 12.4. The Morgan fingerprint density at radius 1 is 0.833 bits per heavy atom. The summed E-state index contributed by atoms with van der Waals surface area (Å²) in [5.41, 5.74) is 1.91. The summed E-state index contributed by atoms with van der Waals surface area (Å²) in [4.78, 5) is 12.4. The lowest BCUT2D eigenvalue weighted by Crippen LogP contribution is -2.56. The van der Waals surface area contributed by atoms with Crippen LogP contribution in [0.5, 0.6) is 0 Å². The van der Waals surface area contributed by atoms with E-state index in [9.17, 15) is 4.79 Å². The molecule has 36 heavy (non-hydrogen) atoms. The fraction of sp³-hybridized carbons (Fsp3) is 0.714. The van der Waals surface area contributed by atoms with E-state index in [1.165, 1.54) is 77.0 Å². The first-order valence-corrected chi connectivity index (χ1v) is 15.3. The number of unbranched alkanes of at least 4 members (excludes halogenated alkanes) is 14. The molecule has 0 aliphatic rings. The number of aryl methyl sites for hydroxylation is 1. The predicted molar refractivity (Wildman–Crippen MR) is 162 cm³/mol. The summed E-state index contributed by atoms with van der Waals surface area (Å²) in [6, 6.07) is 7.75. The Morgan fingerprint density at radius 3 is 1.81 bits per heavy atom. The zero-order valence-corrected chi connectivity index (χ0v) is 25.2. The lowest BCUT2D eigenvalue weighted by molar-refractivity contribution is -0.122. The second-order valence-electron chi connectivity index (χ2n) is 9.71. The Balaban J connectivity index is 2.12. The van der Waals surface area contributed by atoms with Crippen molar-refractivity contribution in [2.24, 2.45) is 0 Å². The molecule has 1 atom stereocenters. The molecule has 1 rings (SSSR count). The highest BCUT2D eigenvalue weighted by molar-refractivity contribution is 7.80. The number of hydrogen-bond acceptors (Lipinski definition) is 2. The normalized spacial score (nSPS) is 12.2. The Morgan fingerprint density at radius 2 is 1.33 bits per heavy atom. The maximum Gasteiger partial charge on any atom is 0.228 e. The third kappa shape index (κ3) is 17.7. The van der Waals surface area contributed by atoms with Crippen molar-refractivity contribution in [2.45, 2.75) is 127 Å². The van der Waals surface area contributed by atoms with Gasteiger partial charge in [-0.2, -0.15) is 0 Å². The van der Waals surface area contributed by atoms with Crippen LogP contribution in [0.1, 0.15) is 115 Å². The van der Waals surface area contributed by atoms with E-state index in [0.29, 0.717) is 6.42 Å². The number of benzene rings is 1. The summed E-state index contributed by atoms with van der Waals surface area (Å²) < 4.78 is -1.75. The van der Waals surface area contributed by atoms with Crippen LogP contribution in [-0.4, -0.2) is 21.0 Å². The molecule has 0 aromatic heterocycles. The van der Waals surface area contributed by atoms with Crippen molar-refractivity contribution in [2.75, 3.05) is 5.32 Å². The second-order valence-corrected chi connectivity index (χ2v) is 12.5. The molecule has 0 saturated heterocycles. The Hall–Kier alpha value is -0.750. The molecule has 0 radical (unpaired) electrons. The highest BCUT2D eigenvalue weighted by Crippen LogP contribution is 2.29. The second kappa shape index (κ2) is 20.2. The monoisotopic (exact) mass is 577 g/mol.